The standard InChI is InChI=1S/C29H41BrN6O10/c1-5-7-9-45-17-21(38)15-34(16-22(39)18-46-10-8-6-2)26-13-24(31-19(3)37)25(14-28(26)44-4)32-33-29-23(30)11-20(35(40)41)12-27(29)36(42)43/h11-14,21-22,38-39H,5-10,15-18H2,1-4H3,(H,31,37). The molecule has 2 unspecified atom stereocenters. The molecule has 0 aliphatic heterocycles. The van der Waals surface area contributed by atoms with Gasteiger partial charge in [0.2, 0.25) is 5.91 Å². The molecule has 254 valence electrons. The molecule has 0 radical (unpaired) electrons. The van der Waals surface area contributed by atoms with Crippen LogP contribution < -0.4 is 15.0 Å². The van der Waals surface area contributed by atoms with Crippen molar-refractivity contribution in [3.63, 3.8) is 0 Å². The second-order valence-corrected chi connectivity index (χ2v) is 11.2. The highest BCUT2D eigenvalue weighted by molar-refractivity contribution is 9.10. The molecule has 0 aromatic heterocycles. The Morgan fingerprint density at radius 2 is 1.57 bits per heavy atom. The zero-order chi connectivity index (χ0) is 34.2. The lowest BCUT2D eigenvalue weighted by molar-refractivity contribution is -0.393. The van der Waals surface area contributed by atoms with E-state index >= 15 is 0 Å². The summed E-state index contributed by atoms with van der Waals surface area (Å²) < 4.78 is 16.7. The Labute approximate surface area is 275 Å². The summed E-state index contributed by atoms with van der Waals surface area (Å²) in [5.41, 5.74) is -0.897. The van der Waals surface area contributed by atoms with Crippen molar-refractivity contribution in [2.75, 3.05) is 56.8 Å². The third kappa shape index (κ3) is 12.2. The van der Waals surface area contributed by atoms with Crippen LogP contribution in [0, 0.1) is 20.2 Å². The van der Waals surface area contributed by atoms with Crippen LogP contribution in [0.5, 0.6) is 5.75 Å². The van der Waals surface area contributed by atoms with Gasteiger partial charge in [-0.3, -0.25) is 25.0 Å². The second-order valence-electron chi connectivity index (χ2n) is 10.3. The molecular formula is C29H41BrN6O10. The van der Waals surface area contributed by atoms with E-state index < -0.39 is 39.3 Å². The number of nitrogens with one attached hydrogen (secondary N) is 1. The number of unbranched alkanes of at least 4 members (excludes halogenated alkanes) is 2. The predicted molar refractivity (Wildman–Crippen MR) is 175 cm³/mol. The van der Waals surface area contributed by atoms with Crippen LogP contribution in [0.4, 0.5) is 34.1 Å². The number of nitro groups is 2. The monoisotopic (exact) mass is 712 g/mol. The van der Waals surface area contributed by atoms with Crippen LogP contribution in [0.25, 0.3) is 0 Å². The average Bonchev–Trinajstić information content (AvgIpc) is 3.00. The topological polar surface area (TPSA) is 211 Å². The molecule has 0 fully saturated rings. The van der Waals surface area contributed by atoms with Crippen LogP contribution in [0.3, 0.4) is 0 Å². The summed E-state index contributed by atoms with van der Waals surface area (Å²) in [7, 11) is 1.39. The Bertz CT molecular complexity index is 1340. The number of aliphatic hydroxyl groups is 2. The lowest BCUT2D eigenvalue weighted by atomic mass is 10.1. The largest absolute Gasteiger partial charge is 0.494 e. The number of azo groups is 1. The van der Waals surface area contributed by atoms with Crippen molar-refractivity contribution >= 4 is 56.0 Å². The number of rotatable bonds is 21. The first-order valence-corrected chi connectivity index (χ1v) is 15.5. The van der Waals surface area contributed by atoms with Gasteiger partial charge in [-0.15, -0.1) is 10.2 Å². The number of carbonyl (C=O) groups excluding carboxylic acids is 1. The number of non-ortho nitro benzene ring substituents is 1. The van der Waals surface area contributed by atoms with Gasteiger partial charge >= 0.3 is 5.69 Å². The van der Waals surface area contributed by atoms with Crippen LogP contribution in [0.15, 0.2) is 39.0 Å². The lowest BCUT2D eigenvalue weighted by Crippen LogP contribution is -2.41. The van der Waals surface area contributed by atoms with Gasteiger partial charge in [0.15, 0.2) is 5.69 Å². The van der Waals surface area contributed by atoms with E-state index in [1.807, 2.05) is 13.8 Å². The maximum atomic E-state index is 12.2. The normalized spacial score (nSPS) is 12.6. The predicted octanol–water partition coefficient (Wildman–Crippen LogP) is 5.81. The summed E-state index contributed by atoms with van der Waals surface area (Å²) in [6.07, 6.45) is 1.67. The molecule has 2 aromatic rings. The maximum Gasteiger partial charge on any atom is 0.304 e. The summed E-state index contributed by atoms with van der Waals surface area (Å²) in [4.78, 5) is 35.2. The third-order valence-corrected chi connectivity index (χ3v) is 7.01. The molecule has 0 aliphatic rings. The fraction of sp³-hybridized carbons (Fsp3) is 0.552. The maximum absolute atomic E-state index is 12.2. The smallest absolute Gasteiger partial charge is 0.304 e. The molecule has 3 N–H and O–H groups in total. The third-order valence-electron chi connectivity index (χ3n) is 6.41. The molecule has 0 saturated carbocycles. The second kappa shape index (κ2) is 19.7. The Morgan fingerprint density at radius 3 is 2.04 bits per heavy atom. The zero-order valence-electron chi connectivity index (χ0n) is 26.3. The molecule has 0 bridgehead atoms. The highest BCUT2D eigenvalue weighted by Crippen LogP contribution is 2.43. The van der Waals surface area contributed by atoms with Gasteiger partial charge in [-0.25, -0.2) is 0 Å². The minimum atomic E-state index is -0.946. The van der Waals surface area contributed by atoms with Crippen LogP contribution in [0.2, 0.25) is 0 Å². The summed E-state index contributed by atoms with van der Waals surface area (Å²) >= 11 is 3.09. The van der Waals surface area contributed by atoms with Gasteiger partial charge in [-0.1, -0.05) is 26.7 Å². The van der Waals surface area contributed by atoms with Crippen molar-refractivity contribution < 1.29 is 39.1 Å². The number of amides is 1. The first-order chi connectivity index (χ1) is 21.9. The van der Waals surface area contributed by atoms with Crippen molar-refractivity contribution in [1.82, 2.24) is 0 Å². The summed E-state index contributed by atoms with van der Waals surface area (Å²) in [6, 6.07) is 4.77. The first kappa shape index (κ1) is 38.4. The number of ether oxygens (including phenoxy) is 3. The number of nitrogens with zero attached hydrogens (tertiary/aromatic N) is 5. The van der Waals surface area contributed by atoms with Gasteiger partial charge in [0.1, 0.15) is 11.4 Å². The van der Waals surface area contributed by atoms with Crippen molar-refractivity contribution in [1.29, 1.82) is 0 Å². The number of carbonyl (C=O) groups is 1. The molecule has 0 heterocycles. The van der Waals surface area contributed by atoms with Crippen molar-refractivity contribution in [3.8, 4) is 5.75 Å². The van der Waals surface area contributed by atoms with Crippen molar-refractivity contribution in [2.45, 2.75) is 58.7 Å². The van der Waals surface area contributed by atoms with Gasteiger partial charge in [0, 0.05) is 45.4 Å². The van der Waals surface area contributed by atoms with Crippen molar-refractivity contribution in [2.24, 2.45) is 10.2 Å². The molecule has 2 rings (SSSR count). The quantitative estimate of drug-likeness (QED) is 0.0608. The van der Waals surface area contributed by atoms with E-state index in [0.29, 0.717) is 18.9 Å². The van der Waals surface area contributed by atoms with E-state index in [1.165, 1.54) is 26.2 Å². The summed E-state index contributed by atoms with van der Waals surface area (Å²) in [5, 5.41) is 55.3. The van der Waals surface area contributed by atoms with Gasteiger partial charge in [-0.05, 0) is 34.8 Å². The lowest BCUT2D eigenvalue weighted by Gasteiger charge is -2.31. The molecule has 0 aliphatic carbocycles. The zero-order valence-corrected chi connectivity index (χ0v) is 27.9. The molecule has 2 aromatic carbocycles. The van der Waals surface area contributed by atoms with E-state index in [1.54, 1.807) is 4.90 Å². The Balaban J connectivity index is 2.56. The number of hydrogen-bond acceptors (Lipinski definition) is 13. The van der Waals surface area contributed by atoms with E-state index in [-0.39, 0.29) is 53.6 Å². The molecule has 46 heavy (non-hydrogen) atoms. The van der Waals surface area contributed by atoms with E-state index in [2.05, 4.69) is 31.5 Å². The van der Waals surface area contributed by atoms with Crippen LogP contribution >= 0.6 is 15.9 Å². The first-order valence-electron chi connectivity index (χ1n) is 14.7. The van der Waals surface area contributed by atoms with E-state index in [9.17, 15) is 35.2 Å². The highest BCUT2D eigenvalue weighted by atomic mass is 79.9. The van der Waals surface area contributed by atoms with Gasteiger partial charge < -0.3 is 34.6 Å². The number of aliphatic hydroxyl groups excluding tert-OH is 2. The van der Waals surface area contributed by atoms with Crippen LogP contribution in [0.1, 0.15) is 46.5 Å². The minimum Gasteiger partial charge on any atom is -0.494 e. The number of nitro benzene ring substituents is 2. The molecule has 1 amide bonds. The number of halogens is 1. The number of anilines is 2. The summed E-state index contributed by atoms with van der Waals surface area (Å²) in [5.74, 6) is -0.242. The van der Waals surface area contributed by atoms with Crippen LogP contribution in [-0.4, -0.2) is 84.8 Å². The number of hydrogen-bond donors (Lipinski definition) is 3. The highest BCUT2D eigenvalue weighted by Gasteiger charge is 2.25. The van der Waals surface area contributed by atoms with Gasteiger partial charge in [0.25, 0.3) is 5.69 Å². The van der Waals surface area contributed by atoms with Crippen molar-refractivity contribution in [3.05, 3.63) is 49.0 Å². The summed E-state index contributed by atoms with van der Waals surface area (Å²) in [6.45, 7) is 6.45. The van der Waals surface area contributed by atoms with E-state index in [0.717, 1.165) is 37.8 Å². The Hall–Kier alpha value is -3.77. The molecule has 17 heteroatoms. The Kier molecular flexibility index (Phi) is 16.4. The molecular weight excluding hydrogens is 672 g/mol. The molecule has 2 atom stereocenters. The SMILES string of the molecule is CCCCOCC(O)CN(CC(O)COCCCC)c1cc(NC(C)=O)c(N=Nc2c(Br)cc([N+](=O)[O-])cc2[N+](=O)[O-])cc1OC. The van der Waals surface area contributed by atoms with E-state index in [4.69, 9.17) is 14.2 Å². The molecule has 0 saturated heterocycles. The Morgan fingerprint density at radius 1 is 0.978 bits per heavy atom. The number of benzene rings is 2. The van der Waals surface area contributed by atoms with Gasteiger partial charge in [-0.2, -0.15) is 0 Å². The molecule has 16 nitrogen and oxygen atoms in total. The number of methoxy groups -OCH3 is 1. The minimum absolute atomic E-state index is 0.0246. The fourth-order valence-corrected chi connectivity index (χ4v) is 4.69. The molecule has 0 spiro atoms. The fourth-order valence-electron chi connectivity index (χ4n) is 4.18. The van der Waals surface area contributed by atoms with Crippen LogP contribution in [-0.2, 0) is 14.3 Å². The average molecular weight is 714 g/mol. The van der Waals surface area contributed by atoms with Gasteiger partial charge in [0.05, 0.1) is 64.3 Å².